The summed E-state index contributed by atoms with van der Waals surface area (Å²) in [7, 11) is 0. The van der Waals surface area contributed by atoms with Crippen LogP contribution in [0.2, 0.25) is 0 Å². The third-order valence-corrected chi connectivity index (χ3v) is 7.42. The van der Waals surface area contributed by atoms with Crippen molar-refractivity contribution in [3.05, 3.63) is 83.9 Å². The van der Waals surface area contributed by atoms with Crippen molar-refractivity contribution < 1.29 is 4.79 Å². The number of carbonyl (C=O) groups is 1. The molecule has 4 heteroatoms. The van der Waals surface area contributed by atoms with Crippen LogP contribution < -0.4 is 16.0 Å². The molecule has 2 amide bonds. The summed E-state index contributed by atoms with van der Waals surface area (Å²) in [5, 5.41) is 10.4. The molecule has 3 N–H and O–H groups in total. The topological polar surface area (TPSA) is 53.2 Å². The van der Waals surface area contributed by atoms with Gasteiger partial charge in [0.2, 0.25) is 0 Å². The standard InChI is InChI=1S/C32H41N3O/c1-23(2)26-17-13-18-27(24(3)4)30(26)34-31(36)33-22-32(20-11-6-12-21-32)35-29-19-10-9-16-28(29)25-14-7-5-8-15-25/h5,7-10,13-19,23-24,35H,6,11-12,20-22H2,1-4H3,(H2,33,34,36). The highest BCUT2D eigenvalue weighted by atomic mass is 16.2. The van der Waals surface area contributed by atoms with Crippen LogP contribution in [0.15, 0.2) is 72.8 Å². The van der Waals surface area contributed by atoms with E-state index >= 15 is 0 Å². The molecule has 3 aromatic rings. The Kier molecular flexibility index (Phi) is 8.35. The number of carbonyl (C=O) groups excluding carboxylic acids is 1. The van der Waals surface area contributed by atoms with Crippen LogP contribution in [0, 0.1) is 0 Å². The van der Waals surface area contributed by atoms with Gasteiger partial charge in [-0.2, -0.15) is 0 Å². The van der Waals surface area contributed by atoms with Crippen LogP contribution in [-0.2, 0) is 0 Å². The van der Waals surface area contributed by atoms with Crippen molar-refractivity contribution in [1.82, 2.24) is 5.32 Å². The van der Waals surface area contributed by atoms with E-state index in [0.29, 0.717) is 18.4 Å². The fourth-order valence-corrected chi connectivity index (χ4v) is 5.42. The Morgan fingerprint density at radius 3 is 2.03 bits per heavy atom. The Morgan fingerprint density at radius 1 is 0.778 bits per heavy atom. The van der Waals surface area contributed by atoms with Gasteiger partial charge in [-0.05, 0) is 47.4 Å². The predicted molar refractivity (Wildman–Crippen MR) is 153 cm³/mol. The van der Waals surface area contributed by atoms with E-state index in [1.54, 1.807) is 0 Å². The lowest BCUT2D eigenvalue weighted by molar-refractivity contribution is 0.244. The molecule has 0 unspecified atom stereocenters. The summed E-state index contributed by atoms with van der Waals surface area (Å²) in [4.78, 5) is 13.2. The summed E-state index contributed by atoms with van der Waals surface area (Å²) in [6.07, 6.45) is 5.65. The lowest BCUT2D eigenvalue weighted by Crippen LogP contribution is -2.51. The molecule has 3 aromatic carbocycles. The third kappa shape index (κ3) is 6.10. The van der Waals surface area contributed by atoms with Gasteiger partial charge in [-0.15, -0.1) is 0 Å². The van der Waals surface area contributed by atoms with Crippen LogP contribution in [-0.4, -0.2) is 18.1 Å². The lowest BCUT2D eigenvalue weighted by atomic mass is 9.81. The zero-order chi connectivity index (χ0) is 25.5. The molecular weight excluding hydrogens is 442 g/mol. The maximum atomic E-state index is 13.2. The number of para-hydroxylation sites is 2. The van der Waals surface area contributed by atoms with Crippen molar-refractivity contribution in [2.45, 2.75) is 77.2 Å². The van der Waals surface area contributed by atoms with E-state index in [9.17, 15) is 4.79 Å². The van der Waals surface area contributed by atoms with Crippen LogP contribution in [0.25, 0.3) is 11.1 Å². The van der Waals surface area contributed by atoms with Crippen molar-refractivity contribution in [1.29, 1.82) is 0 Å². The van der Waals surface area contributed by atoms with Crippen molar-refractivity contribution in [3.8, 4) is 11.1 Å². The number of urea groups is 1. The minimum Gasteiger partial charge on any atom is -0.377 e. The Labute approximate surface area is 216 Å². The molecule has 1 aliphatic rings. The summed E-state index contributed by atoms with van der Waals surface area (Å²) in [6.45, 7) is 9.28. The van der Waals surface area contributed by atoms with Crippen molar-refractivity contribution in [2.75, 3.05) is 17.2 Å². The number of benzene rings is 3. The van der Waals surface area contributed by atoms with E-state index < -0.39 is 0 Å². The highest BCUT2D eigenvalue weighted by Gasteiger charge is 2.33. The molecule has 0 atom stereocenters. The van der Waals surface area contributed by atoms with Crippen LogP contribution in [0.5, 0.6) is 0 Å². The fraction of sp³-hybridized carbons (Fsp3) is 0.406. The summed E-state index contributed by atoms with van der Waals surface area (Å²) in [6, 6.07) is 25.2. The summed E-state index contributed by atoms with van der Waals surface area (Å²) >= 11 is 0. The Balaban J connectivity index is 1.53. The first-order valence-corrected chi connectivity index (χ1v) is 13.5. The minimum atomic E-state index is -0.168. The van der Waals surface area contributed by atoms with Crippen LogP contribution >= 0.6 is 0 Å². The van der Waals surface area contributed by atoms with Gasteiger partial charge in [-0.1, -0.05) is 114 Å². The number of anilines is 2. The monoisotopic (exact) mass is 483 g/mol. The van der Waals surface area contributed by atoms with E-state index in [4.69, 9.17) is 0 Å². The van der Waals surface area contributed by atoms with Gasteiger partial charge in [-0.25, -0.2) is 4.79 Å². The average Bonchev–Trinajstić information content (AvgIpc) is 2.89. The quantitative estimate of drug-likeness (QED) is 0.301. The van der Waals surface area contributed by atoms with Crippen LogP contribution in [0.3, 0.4) is 0 Å². The molecule has 190 valence electrons. The second kappa shape index (κ2) is 11.6. The fourth-order valence-electron chi connectivity index (χ4n) is 5.42. The number of nitrogens with one attached hydrogen (secondary N) is 3. The molecule has 1 fully saturated rings. The molecule has 0 aromatic heterocycles. The van der Waals surface area contributed by atoms with Gasteiger partial charge in [0, 0.05) is 23.5 Å². The highest BCUT2D eigenvalue weighted by molar-refractivity contribution is 5.91. The predicted octanol–water partition coefficient (Wildman–Crippen LogP) is 8.54. The highest BCUT2D eigenvalue weighted by Crippen LogP contribution is 2.36. The first-order valence-electron chi connectivity index (χ1n) is 13.5. The van der Waals surface area contributed by atoms with Gasteiger partial charge in [0.05, 0.1) is 5.54 Å². The molecule has 0 saturated heterocycles. The molecular formula is C32H41N3O. The molecule has 0 heterocycles. The molecule has 36 heavy (non-hydrogen) atoms. The first-order chi connectivity index (χ1) is 17.4. The van der Waals surface area contributed by atoms with E-state index in [-0.39, 0.29) is 11.6 Å². The minimum absolute atomic E-state index is 0.131. The second-order valence-electron chi connectivity index (χ2n) is 10.8. The first kappa shape index (κ1) is 25.8. The maximum absolute atomic E-state index is 13.2. The number of hydrogen-bond acceptors (Lipinski definition) is 2. The Morgan fingerprint density at radius 2 is 1.39 bits per heavy atom. The zero-order valence-electron chi connectivity index (χ0n) is 22.2. The molecule has 0 spiro atoms. The summed E-state index contributed by atoms with van der Waals surface area (Å²) < 4.78 is 0. The summed E-state index contributed by atoms with van der Waals surface area (Å²) in [5.74, 6) is 0.666. The van der Waals surface area contributed by atoms with Crippen molar-refractivity contribution in [2.24, 2.45) is 0 Å². The maximum Gasteiger partial charge on any atom is 0.319 e. The SMILES string of the molecule is CC(C)c1cccc(C(C)C)c1NC(=O)NCC1(Nc2ccccc2-c2ccccc2)CCCCC1. The molecule has 0 bridgehead atoms. The van der Waals surface area contributed by atoms with E-state index in [2.05, 4.69) is 110 Å². The van der Waals surface area contributed by atoms with Gasteiger partial charge < -0.3 is 16.0 Å². The molecule has 1 saturated carbocycles. The summed E-state index contributed by atoms with van der Waals surface area (Å²) in [5.41, 5.74) is 6.67. The number of rotatable bonds is 8. The second-order valence-corrected chi connectivity index (χ2v) is 10.8. The van der Waals surface area contributed by atoms with E-state index in [0.717, 1.165) is 37.1 Å². The zero-order valence-corrected chi connectivity index (χ0v) is 22.2. The molecule has 4 nitrogen and oxygen atoms in total. The molecule has 0 aliphatic heterocycles. The van der Waals surface area contributed by atoms with Gasteiger partial charge in [-0.3, -0.25) is 0 Å². The van der Waals surface area contributed by atoms with Gasteiger partial charge in [0.25, 0.3) is 0 Å². The smallest absolute Gasteiger partial charge is 0.319 e. The van der Waals surface area contributed by atoms with Crippen molar-refractivity contribution in [3.63, 3.8) is 0 Å². The Bertz CT molecular complexity index is 1120. The molecule has 0 radical (unpaired) electrons. The normalized spacial score (nSPS) is 15.1. The lowest BCUT2D eigenvalue weighted by Gasteiger charge is -2.40. The Hall–Kier alpha value is -3.27. The van der Waals surface area contributed by atoms with E-state index in [1.807, 2.05) is 6.07 Å². The van der Waals surface area contributed by atoms with Crippen molar-refractivity contribution >= 4 is 17.4 Å². The third-order valence-electron chi connectivity index (χ3n) is 7.42. The number of amides is 2. The number of hydrogen-bond donors (Lipinski definition) is 3. The van der Waals surface area contributed by atoms with Crippen LogP contribution in [0.4, 0.5) is 16.2 Å². The van der Waals surface area contributed by atoms with Gasteiger partial charge >= 0.3 is 6.03 Å². The average molecular weight is 484 g/mol. The van der Waals surface area contributed by atoms with Crippen LogP contribution in [0.1, 0.15) is 82.8 Å². The largest absolute Gasteiger partial charge is 0.377 e. The van der Waals surface area contributed by atoms with Gasteiger partial charge in [0.1, 0.15) is 0 Å². The van der Waals surface area contributed by atoms with Gasteiger partial charge in [0.15, 0.2) is 0 Å². The molecule has 1 aliphatic carbocycles. The molecule has 4 rings (SSSR count). The van der Waals surface area contributed by atoms with E-state index in [1.165, 1.54) is 28.7 Å².